The van der Waals surface area contributed by atoms with Gasteiger partial charge in [-0.15, -0.1) is 0 Å². The third kappa shape index (κ3) is 3.94. The number of nitrogens with zero attached hydrogens (tertiary/aromatic N) is 4. The summed E-state index contributed by atoms with van der Waals surface area (Å²) in [5, 5.41) is 11.7. The molecule has 2 aromatic heterocycles. The van der Waals surface area contributed by atoms with Gasteiger partial charge in [-0.2, -0.15) is 10.2 Å². The van der Waals surface area contributed by atoms with Crippen LogP contribution in [-0.4, -0.2) is 43.9 Å². The fourth-order valence-corrected chi connectivity index (χ4v) is 3.73. The fraction of sp³-hybridized carbons (Fsp3) is 0.632. The summed E-state index contributed by atoms with van der Waals surface area (Å²) in [6.07, 6.45) is 4.38. The third-order valence-corrected chi connectivity index (χ3v) is 5.13. The Hall–Kier alpha value is -2.11. The molecular formula is C19H29N5O. The molecule has 136 valence electrons. The highest BCUT2D eigenvalue weighted by Crippen LogP contribution is 2.26. The summed E-state index contributed by atoms with van der Waals surface area (Å²) in [6.45, 7) is 11.0. The second-order valence-electron chi connectivity index (χ2n) is 7.59. The van der Waals surface area contributed by atoms with Gasteiger partial charge in [0.1, 0.15) is 0 Å². The molecule has 3 heterocycles. The number of H-pyrrole nitrogens is 1. The van der Waals surface area contributed by atoms with E-state index in [-0.39, 0.29) is 5.91 Å². The Balaban J connectivity index is 1.69. The lowest BCUT2D eigenvalue weighted by atomic mass is 9.94. The standard InChI is InChI=1S/C19H29N5O/c1-13(2)11-24-15(4)17(14(3)22-24)10-19(25)23-9-5-6-16(12-23)18-7-8-20-21-18/h7-8,13,16H,5-6,9-12H2,1-4H3,(H,20,21)/t16-/m0/s1. The van der Waals surface area contributed by atoms with Gasteiger partial charge >= 0.3 is 0 Å². The number of piperidine rings is 1. The average Bonchev–Trinajstić information content (AvgIpc) is 3.19. The molecule has 1 N–H and O–H groups in total. The van der Waals surface area contributed by atoms with Crippen LogP contribution in [0.5, 0.6) is 0 Å². The topological polar surface area (TPSA) is 66.8 Å². The number of rotatable bonds is 5. The van der Waals surface area contributed by atoms with E-state index in [2.05, 4.69) is 36.1 Å². The van der Waals surface area contributed by atoms with Gasteiger partial charge in [-0.1, -0.05) is 13.8 Å². The predicted molar refractivity (Wildman–Crippen MR) is 97.4 cm³/mol. The Labute approximate surface area is 149 Å². The lowest BCUT2D eigenvalue weighted by Crippen LogP contribution is -2.40. The van der Waals surface area contributed by atoms with E-state index in [9.17, 15) is 4.79 Å². The molecule has 1 saturated heterocycles. The molecule has 0 aromatic carbocycles. The molecule has 25 heavy (non-hydrogen) atoms. The number of aryl methyl sites for hydroxylation is 1. The molecule has 1 atom stereocenters. The predicted octanol–water partition coefficient (Wildman–Crippen LogP) is 2.83. The Kier molecular flexibility index (Phi) is 5.25. The van der Waals surface area contributed by atoms with Crippen molar-refractivity contribution in [1.29, 1.82) is 0 Å². The Morgan fingerprint density at radius 1 is 1.40 bits per heavy atom. The van der Waals surface area contributed by atoms with Crippen molar-refractivity contribution >= 4 is 5.91 Å². The Bertz CT molecular complexity index is 717. The molecule has 3 rings (SSSR count). The van der Waals surface area contributed by atoms with Gasteiger partial charge in [-0.25, -0.2) is 0 Å². The number of carbonyl (C=O) groups is 1. The largest absolute Gasteiger partial charge is 0.342 e. The van der Waals surface area contributed by atoms with E-state index >= 15 is 0 Å². The second-order valence-corrected chi connectivity index (χ2v) is 7.59. The second kappa shape index (κ2) is 7.42. The van der Waals surface area contributed by atoms with Crippen LogP contribution in [0.1, 0.15) is 55.3 Å². The van der Waals surface area contributed by atoms with Gasteiger partial charge < -0.3 is 4.90 Å². The molecule has 0 unspecified atom stereocenters. The minimum absolute atomic E-state index is 0.208. The monoisotopic (exact) mass is 343 g/mol. The summed E-state index contributed by atoms with van der Waals surface area (Å²) in [6, 6.07) is 2.02. The zero-order valence-electron chi connectivity index (χ0n) is 15.7. The molecule has 0 spiro atoms. The van der Waals surface area contributed by atoms with E-state index < -0.39 is 0 Å². The lowest BCUT2D eigenvalue weighted by Gasteiger charge is -2.32. The normalized spacial score (nSPS) is 18.1. The molecule has 0 saturated carbocycles. The zero-order valence-corrected chi connectivity index (χ0v) is 15.7. The molecule has 1 aliphatic heterocycles. The Morgan fingerprint density at radius 2 is 2.20 bits per heavy atom. The van der Waals surface area contributed by atoms with Crippen molar-refractivity contribution in [3.8, 4) is 0 Å². The molecule has 0 aliphatic carbocycles. The third-order valence-electron chi connectivity index (χ3n) is 5.13. The highest BCUT2D eigenvalue weighted by Gasteiger charge is 2.26. The van der Waals surface area contributed by atoms with Crippen LogP contribution >= 0.6 is 0 Å². The highest BCUT2D eigenvalue weighted by atomic mass is 16.2. The summed E-state index contributed by atoms with van der Waals surface area (Å²) in [5.74, 6) is 1.12. The van der Waals surface area contributed by atoms with Crippen LogP contribution in [0.2, 0.25) is 0 Å². The highest BCUT2D eigenvalue weighted by molar-refractivity contribution is 5.79. The van der Waals surface area contributed by atoms with Crippen molar-refractivity contribution in [1.82, 2.24) is 24.9 Å². The molecule has 0 radical (unpaired) electrons. The van der Waals surface area contributed by atoms with E-state index in [4.69, 9.17) is 0 Å². The van der Waals surface area contributed by atoms with E-state index in [1.165, 1.54) is 0 Å². The molecular weight excluding hydrogens is 314 g/mol. The van der Waals surface area contributed by atoms with E-state index in [1.807, 2.05) is 22.6 Å². The molecule has 0 bridgehead atoms. The van der Waals surface area contributed by atoms with Crippen LogP contribution in [-0.2, 0) is 17.8 Å². The van der Waals surface area contributed by atoms with Crippen molar-refractivity contribution in [3.05, 3.63) is 34.9 Å². The number of aromatic amines is 1. The number of nitrogens with one attached hydrogen (secondary N) is 1. The first kappa shape index (κ1) is 17.7. The van der Waals surface area contributed by atoms with Gasteiger partial charge in [0, 0.05) is 48.7 Å². The summed E-state index contributed by atoms with van der Waals surface area (Å²) in [4.78, 5) is 14.9. The quantitative estimate of drug-likeness (QED) is 0.908. The van der Waals surface area contributed by atoms with E-state index in [0.29, 0.717) is 18.3 Å². The summed E-state index contributed by atoms with van der Waals surface area (Å²) in [5.41, 5.74) is 4.33. The van der Waals surface area contributed by atoms with E-state index in [0.717, 1.165) is 55.1 Å². The van der Waals surface area contributed by atoms with Gasteiger partial charge in [0.2, 0.25) is 5.91 Å². The smallest absolute Gasteiger partial charge is 0.227 e. The summed E-state index contributed by atoms with van der Waals surface area (Å²) in [7, 11) is 0. The molecule has 1 aliphatic rings. The number of carbonyl (C=O) groups excluding carboxylic acids is 1. The number of hydrogen-bond acceptors (Lipinski definition) is 3. The maximum atomic E-state index is 12.9. The van der Waals surface area contributed by atoms with Crippen LogP contribution in [0.4, 0.5) is 0 Å². The van der Waals surface area contributed by atoms with Crippen LogP contribution < -0.4 is 0 Å². The van der Waals surface area contributed by atoms with Crippen LogP contribution in [0.25, 0.3) is 0 Å². The molecule has 2 aromatic rings. The maximum absolute atomic E-state index is 12.9. The first-order valence-corrected chi connectivity index (χ1v) is 9.25. The maximum Gasteiger partial charge on any atom is 0.227 e. The molecule has 1 fully saturated rings. The molecule has 6 nitrogen and oxygen atoms in total. The Morgan fingerprint density at radius 3 is 2.88 bits per heavy atom. The van der Waals surface area contributed by atoms with Crippen molar-refractivity contribution < 1.29 is 4.79 Å². The molecule has 6 heteroatoms. The van der Waals surface area contributed by atoms with Gasteiger partial charge in [-0.3, -0.25) is 14.6 Å². The first-order chi connectivity index (χ1) is 12.0. The minimum atomic E-state index is 0.208. The van der Waals surface area contributed by atoms with Gasteiger partial charge in [0.05, 0.1) is 12.1 Å². The SMILES string of the molecule is Cc1nn(CC(C)C)c(C)c1CC(=O)N1CCC[C@H](c2ccn[nH]2)C1. The van der Waals surface area contributed by atoms with E-state index in [1.54, 1.807) is 6.20 Å². The van der Waals surface area contributed by atoms with Crippen LogP contribution in [0, 0.1) is 19.8 Å². The van der Waals surface area contributed by atoms with Crippen molar-refractivity contribution in [2.45, 2.75) is 59.4 Å². The number of likely N-dealkylation sites (tertiary alicyclic amines) is 1. The fourth-order valence-electron chi connectivity index (χ4n) is 3.73. The van der Waals surface area contributed by atoms with Gasteiger partial charge in [0.15, 0.2) is 0 Å². The van der Waals surface area contributed by atoms with Crippen LogP contribution in [0.3, 0.4) is 0 Å². The number of aromatic nitrogens is 4. The average molecular weight is 343 g/mol. The van der Waals surface area contributed by atoms with Crippen molar-refractivity contribution in [3.63, 3.8) is 0 Å². The summed E-state index contributed by atoms with van der Waals surface area (Å²) >= 11 is 0. The minimum Gasteiger partial charge on any atom is -0.342 e. The van der Waals surface area contributed by atoms with Crippen LogP contribution in [0.15, 0.2) is 12.3 Å². The number of hydrogen-bond donors (Lipinski definition) is 1. The van der Waals surface area contributed by atoms with Crippen molar-refractivity contribution in [2.75, 3.05) is 13.1 Å². The van der Waals surface area contributed by atoms with Crippen molar-refractivity contribution in [2.24, 2.45) is 5.92 Å². The lowest BCUT2D eigenvalue weighted by molar-refractivity contribution is -0.131. The number of amides is 1. The zero-order chi connectivity index (χ0) is 18.0. The van der Waals surface area contributed by atoms with Gasteiger partial charge in [-0.05, 0) is 38.7 Å². The summed E-state index contributed by atoms with van der Waals surface area (Å²) < 4.78 is 2.05. The first-order valence-electron chi connectivity index (χ1n) is 9.25. The van der Waals surface area contributed by atoms with Gasteiger partial charge in [0.25, 0.3) is 0 Å². The molecule has 1 amide bonds.